The van der Waals surface area contributed by atoms with Crippen molar-refractivity contribution in [2.45, 2.75) is 20.4 Å². The molecular formula is C10H12N4OS. The summed E-state index contributed by atoms with van der Waals surface area (Å²) >= 11 is 1.42. The standard InChI is InChI=1S/C10H12N4OS/c1-7-6-16-10(12-7)13-9(15)5-14-8(2)3-4-11-14/h3-4,6H,5H2,1-2H3,(H,12,13,15). The van der Waals surface area contributed by atoms with Gasteiger partial charge in [-0.1, -0.05) is 0 Å². The Labute approximate surface area is 97.1 Å². The Morgan fingerprint density at radius 2 is 2.38 bits per heavy atom. The van der Waals surface area contributed by atoms with Crippen molar-refractivity contribution in [3.8, 4) is 0 Å². The number of carbonyl (C=O) groups excluding carboxylic acids is 1. The maximum atomic E-state index is 11.6. The summed E-state index contributed by atoms with van der Waals surface area (Å²) in [5.74, 6) is -0.110. The highest BCUT2D eigenvalue weighted by molar-refractivity contribution is 7.13. The maximum Gasteiger partial charge on any atom is 0.247 e. The summed E-state index contributed by atoms with van der Waals surface area (Å²) in [5, 5.41) is 9.31. The van der Waals surface area contributed by atoms with Crippen LogP contribution >= 0.6 is 11.3 Å². The van der Waals surface area contributed by atoms with E-state index in [4.69, 9.17) is 0 Å². The number of nitrogens with one attached hydrogen (secondary N) is 1. The largest absolute Gasteiger partial charge is 0.300 e. The smallest absolute Gasteiger partial charge is 0.247 e. The summed E-state index contributed by atoms with van der Waals surface area (Å²) in [6.07, 6.45) is 1.68. The van der Waals surface area contributed by atoms with Gasteiger partial charge >= 0.3 is 0 Å². The number of rotatable bonds is 3. The molecule has 1 amide bonds. The summed E-state index contributed by atoms with van der Waals surface area (Å²) < 4.78 is 1.65. The van der Waals surface area contributed by atoms with E-state index in [1.54, 1.807) is 10.9 Å². The number of thiazole rings is 1. The predicted octanol–water partition coefficient (Wildman–Crippen LogP) is 1.60. The van der Waals surface area contributed by atoms with Gasteiger partial charge in [0.15, 0.2) is 5.13 Å². The van der Waals surface area contributed by atoms with E-state index in [-0.39, 0.29) is 12.5 Å². The van der Waals surface area contributed by atoms with Crippen LogP contribution in [0, 0.1) is 13.8 Å². The molecule has 0 bridgehead atoms. The van der Waals surface area contributed by atoms with Crippen molar-refractivity contribution in [2.24, 2.45) is 0 Å². The van der Waals surface area contributed by atoms with E-state index in [0.717, 1.165) is 11.4 Å². The van der Waals surface area contributed by atoms with E-state index < -0.39 is 0 Å². The highest BCUT2D eigenvalue weighted by Gasteiger charge is 2.07. The van der Waals surface area contributed by atoms with E-state index in [9.17, 15) is 4.79 Å². The molecule has 0 aliphatic carbocycles. The normalized spacial score (nSPS) is 10.4. The lowest BCUT2D eigenvalue weighted by molar-refractivity contribution is -0.116. The highest BCUT2D eigenvalue weighted by atomic mass is 32.1. The molecule has 2 aromatic heterocycles. The minimum atomic E-state index is -0.110. The summed E-state index contributed by atoms with van der Waals surface area (Å²) in [7, 11) is 0. The second-order valence-electron chi connectivity index (χ2n) is 3.47. The van der Waals surface area contributed by atoms with Crippen molar-refractivity contribution in [3.63, 3.8) is 0 Å². The molecule has 0 atom stereocenters. The third kappa shape index (κ3) is 2.46. The summed E-state index contributed by atoms with van der Waals surface area (Å²) in [6, 6.07) is 1.86. The molecule has 0 aliphatic heterocycles. The van der Waals surface area contributed by atoms with Crippen LogP contribution in [0.15, 0.2) is 17.6 Å². The zero-order valence-corrected chi connectivity index (χ0v) is 9.91. The molecule has 2 heterocycles. The van der Waals surface area contributed by atoms with E-state index in [1.165, 1.54) is 11.3 Å². The van der Waals surface area contributed by atoms with Gasteiger partial charge in [0.1, 0.15) is 6.54 Å². The van der Waals surface area contributed by atoms with E-state index >= 15 is 0 Å². The topological polar surface area (TPSA) is 59.8 Å². The van der Waals surface area contributed by atoms with Crippen LogP contribution in [-0.2, 0) is 11.3 Å². The zero-order valence-electron chi connectivity index (χ0n) is 9.10. The van der Waals surface area contributed by atoms with Crippen molar-refractivity contribution in [1.29, 1.82) is 0 Å². The van der Waals surface area contributed by atoms with Gasteiger partial charge in [-0.3, -0.25) is 9.48 Å². The fourth-order valence-electron chi connectivity index (χ4n) is 1.27. The quantitative estimate of drug-likeness (QED) is 0.880. The first-order valence-electron chi connectivity index (χ1n) is 4.85. The summed E-state index contributed by atoms with van der Waals surface area (Å²) in [4.78, 5) is 15.8. The minimum absolute atomic E-state index is 0.110. The SMILES string of the molecule is Cc1csc(NC(=O)Cn2nccc2C)n1. The molecule has 0 saturated heterocycles. The lowest BCUT2D eigenvalue weighted by atomic mass is 10.5. The van der Waals surface area contributed by atoms with Gasteiger partial charge in [0.05, 0.1) is 5.69 Å². The van der Waals surface area contributed by atoms with Crippen LogP contribution in [0.2, 0.25) is 0 Å². The van der Waals surface area contributed by atoms with Gasteiger partial charge in [-0.15, -0.1) is 11.3 Å². The third-order valence-electron chi connectivity index (χ3n) is 2.09. The number of hydrogen-bond donors (Lipinski definition) is 1. The number of hydrogen-bond acceptors (Lipinski definition) is 4. The van der Waals surface area contributed by atoms with Crippen molar-refractivity contribution in [1.82, 2.24) is 14.8 Å². The first-order valence-corrected chi connectivity index (χ1v) is 5.73. The monoisotopic (exact) mass is 236 g/mol. The van der Waals surface area contributed by atoms with Gasteiger partial charge in [0.2, 0.25) is 5.91 Å². The average molecular weight is 236 g/mol. The molecule has 2 rings (SSSR count). The third-order valence-corrected chi connectivity index (χ3v) is 2.96. The number of carbonyl (C=O) groups is 1. The number of aromatic nitrogens is 3. The van der Waals surface area contributed by atoms with Crippen LogP contribution in [0.1, 0.15) is 11.4 Å². The lowest BCUT2D eigenvalue weighted by Crippen LogP contribution is -2.20. The van der Waals surface area contributed by atoms with Crippen LogP contribution in [0.25, 0.3) is 0 Å². The van der Waals surface area contributed by atoms with Gasteiger partial charge in [0.25, 0.3) is 0 Å². The number of nitrogens with zero attached hydrogens (tertiary/aromatic N) is 3. The lowest BCUT2D eigenvalue weighted by Gasteiger charge is -2.03. The Balaban J connectivity index is 1.97. The average Bonchev–Trinajstić information content (AvgIpc) is 2.77. The molecular weight excluding hydrogens is 224 g/mol. The Kier molecular flexibility index (Phi) is 3.00. The molecule has 0 radical (unpaired) electrons. The first kappa shape index (κ1) is 10.8. The first-order chi connectivity index (χ1) is 7.65. The van der Waals surface area contributed by atoms with Crippen molar-refractivity contribution >= 4 is 22.4 Å². The van der Waals surface area contributed by atoms with Crippen LogP contribution in [0.4, 0.5) is 5.13 Å². The Morgan fingerprint density at radius 1 is 1.56 bits per heavy atom. The number of anilines is 1. The maximum absolute atomic E-state index is 11.6. The molecule has 0 aromatic carbocycles. The van der Waals surface area contributed by atoms with Crippen LogP contribution < -0.4 is 5.32 Å². The predicted molar refractivity (Wildman–Crippen MR) is 62.4 cm³/mol. The molecule has 6 heteroatoms. The zero-order chi connectivity index (χ0) is 11.5. The van der Waals surface area contributed by atoms with E-state index in [2.05, 4.69) is 15.4 Å². The van der Waals surface area contributed by atoms with Gasteiger partial charge < -0.3 is 5.32 Å². The summed E-state index contributed by atoms with van der Waals surface area (Å²) in [6.45, 7) is 4.02. The molecule has 2 aromatic rings. The molecule has 5 nitrogen and oxygen atoms in total. The number of amides is 1. The van der Waals surface area contributed by atoms with E-state index in [0.29, 0.717) is 5.13 Å². The van der Waals surface area contributed by atoms with E-state index in [1.807, 2.05) is 25.3 Å². The molecule has 0 saturated carbocycles. The van der Waals surface area contributed by atoms with Crippen molar-refractivity contribution < 1.29 is 4.79 Å². The molecule has 16 heavy (non-hydrogen) atoms. The fraction of sp³-hybridized carbons (Fsp3) is 0.300. The van der Waals surface area contributed by atoms with Gasteiger partial charge in [-0.05, 0) is 19.9 Å². The summed E-state index contributed by atoms with van der Waals surface area (Å²) in [5.41, 5.74) is 1.88. The number of aryl methyl sites for hydroxylation is 2. The molecule has 0 spiro atoms. The Morgan fingerprint density at radius 3 is 2.94 bits per heavy atom. The van der Waals surface area contributed by atoms with Crippen LogP contribution in [0.3, 0.4) is 0 Å². The molecule has 0 fully saturated rings. The molecule has 0 aliphatic rings. The fourth-order valence-corrected chi connectivity index (χ4v) is 1.97. The molecule has 84 valence electrons. The highest BCUT2D eigenvalue weighted by Crippen LogP contribution is 2.14. The van der Waals surface area contributed by atoms with Gasteiger partial charge in [0, 0.05) is 17.3 Å². The Bertz CT molecular complexity index is 502. The van der Waals surface area contributed by atoms with Crippen LogP contribution in [0.5, 0.6) is 0 Å². The van der Waals surface area contributed by atoms with Gasteiger partial charge in [-0.25, -0.2) is 4.98 Å². The Hall–Kier alpha value is -1.69. The molecule has 1 N–H and O–H groups in total. The van der Waals surface area contributed by atoms with Crippen LogP contribution in [-0.4, -0.2) is 20.7 Å². The molecule has 0 unspecified atom stereocenters. The minimum Gasteiger partial charge on any atom is -0.300 e. The van der Waals surface area contributed by atoms with Crippen molar-refractivity contribution in [2.75, 3.05) is 5.32 Å². The van der Waals surface area contributed by atoms with Gasteiger partial charge in [-0.2, -0.15) is 5.10 Å². The second-order valence-corrected chi connectivity index (χ2v) is 4.33. The second kappa shape index (κ2) is 4.44. The van der Waals surface area contributed by atoms with Crippen molar-refractivity contribution in [3.05, 3.63) is 29.0 Å².